The number of hydrogen-bond acceptors (Lipinski definition) is 5. The number of H-pyrrole nitrogens is 1. The van der Waals surface area contributed by atoms with Gasteiger partial charge in [0.05, 0.1) is 17.2 Å². The number of pyridine rings is 1. The average Bonchev–Trinajstić information content (AvgIpc) is 3.11. The Hall–Kier alpha value is -2.28. The maximum atomic E-state index is 13.2. The first-order valence-corrected chi connectivity index (χ1v) is 11.8. The molecule has 0 amide bonds. The summed E-state index contributed by atoms with van der Waals surface area (Å²) in [7, 11) is 0. The average molecular weight is 491 g/mol. The lowest BCUT2D eigenvalue weighted by atomic mass is 9.90. The van der Waals surface area contributed by atoms with Gasteiger partial charge in [0.2, 0.25) is 0 Å². The first-order valence-electron chi connectivity index (χ1n) is 10.2. The summed E-state index contributed by atoms with van der Waals surface area (Å²) >= 11 is 13.8. The third-order valence-electron chi connectivity index (χ3n) is 4.99. The number of carbonyl (C=O) groups is 2. The number of Topliss-reactive ketones (excluding diaryl/α,β-unsaturated/α-hetero) is 1. The minimum atomic E-state index is -0.862. The fourth-order valence-corrected chi connectivity index (χ4v) is 5.41. The van der Waals surface area contributed by atoms with Gasteiger partial charge in [-0.25, -0.2) is 4.79 Å². The number of rotatable bonds is 8. The summed E-state index contributed by atoms with van der Waals surface area (Å²) in [5, 5.41) is 1.80. The largest absolute Gasteiger partial charge is 0.460 e. The molecule has 0 aliphatic carbocycles. The quantitative estimate of drug-likeness (QED) is 0.211. The number of carbonyl (C=O) groups excluding carboxylic acids is 2. The van der Waals surface area contributed by atoms with E-state index in [4.69, 9.17) is 27.9 Å². The van der Waals surface area contributed by atoms with E-state index >= 15 is 0 Å². The summed E-state index contributed by atoms with van der Waals surface area (Å²) < 4.78 is 5.04. The van der Waals surface area contributed by atoms with Crippen LogP contribution in [-0.2, 0) is 9.53 Å². The first kappa shape index (κ1) is 24.4. The van der Waals surface area contributed by atoms with Crippen LogP contribution >= 0.6 is 35.0 Å². The van der Waals surface area contributed by atoms with Crippen LogP contribution in [0, 0.1) is 0 Å². The molecular weight excluding hydrogens is 467 g/mol. The number of aromatic amines is 1. The van der Waals surface area contributed by atoms with Gasteiger partial charge in [0, 0.05) is 38.9 Å². The maximum absolute atomic E-state index is 13.2. The van der Waals surface area contributed by atoms with Gasteiger partial charge < -0.3 is 9.72 Å². The second-order valence-corrected chi connectivity index (χ2v) is 9.53. The summed E-state index contributed by atoms with van der Waals surface area (Å²) in [5.41, 5.74) is 2.75. The van der Waals surface area contributed by atoms with Gasteiger partial charge in [-0.05, 0) is 54.3 Å². The highest BCUT2D eigenvalue weighted by Crippen LogP contribution is 2.41. The Labute approximate surface area is 201 Å². The molecule has 3 aromatic rings. The van der Waals surface area contributed by atoms with Crippen LogP contribution in [-0.4, -0.2) is 28.3 Å². The molecule has 32 heavy (non-hydrogen) atoms. The molecule has 0 radical (unpaired) electrons. The van der Waals surface area contributed by atoms with Crippen molar-refractivity contribution in [2.75, 3.05) is 6.61 Å². The Morgan fingerprint density at radius 3 is 2.28 bits per heavy atom. The molecule has 1 unspecified atom stereocenters. The van der Waals surface area contributed by atoms with E-state index in [1.165, 1.54) is 11.8 Å². The zero-order valence-corrected chi connectivity index (χ0v) is 20.6. The number of ketones is 1. The standard InChI is InChI=1S/C24H24Cl2N2O3S/c1-5-31-24(30)22(29)20-19(13(2)3)23(32-18-11-16(25)10-17(26)12-18)28-21(20)14(4)15-6-8-27-9-7-15/h6-14,28H,5H2,1-4H3. The summed E-state index contributed by atoms with van der Waals surface area (Å²) in [6.45, 7) is 7.76. The van der Waals surface area contributed by atoms with E-state index in [2.05, 4.69) is 9.97 Å². The molecule has 0 bridgehead atoms. The molecule has 1 atom stereocenters. The summed E-state index contributed by atoms with van der Waals surface area (Å²) in [4.78, 5) is 34.0. The van der Waals surface area contributed by atoms with Crippen LogP contribution in [0.15, 0.2) is 52.6 Å². The monoisotopic (exact) mass is 490 g/mol. The molecular formula is C24H24Cl2N2O3S. The smallest absolute Gasteiger partial charge is 0.379 e. The van der Waals surface area contributed by atoms with Crippen molar-refractivity contribution >= 4 is 46.7 Å². The number of nitrogens with zero attached hydrogens (tertiary/aromatic N) is 1. The fraction of sp³-hybridized carbons (Fsp3) is 0.292. The van der Waals surface area contributed by atoms with Crippen LogP contribution in [0.25, 0.3) is 0 Å². The number of benzene rings is 1. The highest BCUT2D eigenvalue weighted by Gasteiger charge is 2.32. The van der Waals surface area contributed by atoms with Crippen molar-refractivity contribution in [3.05, 3.63) is 75.2 Å². The molecule has 0 fully saturated rings. The van der Waals surface area contributed by atoms with Gasteiger partial charge in [0.15, 0.2) is 0 Å². The second kappa shape index (κ2) is 10.6. The van der Waals surface area contributed by atoms with E-state index in [-0.39, 0.29) is 18.4 Å². The Balaban J connectivity index is 2.19. The van der Waals surface area contributed by atoms with Crippen LogP contribution in [0.5, 0.6) is 0 Å². The minimum absolute atomic E-state index is 0.0322. The van der Waals surface area contributed by atoms with Gasteiger partial charge in [-0.1, -0.05) is 55.7 Å². The zero-order valence-electron chi connectivity index (χ0n) is 18.2. The van der Waals surface area contributed by atoms with Crippen LogP contribution in [0.4, 0.5) is 0 Å². The lowest BCUT2D eigenvalue weighted by Gasteiger charge is -2.14. The molecule has 2 aromatic heterocycles. The molecule has 5 nitrogen and oxygen atoms in total. The van der Waals surface area contributed by atoms with Gasteiger partial charge in [0.1, 0.15) is 0 Å². The molecule has 168 valence electrons. The minimum Gasteiger partial charge on any atom is -0.460 e. The summed E-state index contributed by atoms with van der Waals surface area (Å²) in [5.74, 6) is -1.73. The molecule has 2 heterocycles. The molecule has 0 aliphatic heterocycles. The van der Waals surface area contributed by atoms with Gasteiger partial charge in [0.25, 0.3) is 5.78 Å². The van der Waals surface area contributed by atoms with Gasteiger partial charge in [-0.15, -0.1) is 0 Å². The van der Waals surface area contributed by atoms with Crippen molar-refractivity contribution in [3.8, 4) is 0 Å². The molecule has 0 saturated carbocycles. The lowest BCUT2D eigenvalue weighted by Crippen LogP contribution is -2.20. The van der Waals surface area contributed by atoms with E-state index in [9.17, 15) is 9.59 Å². The van der Waals surface area contributed by atoms with E-state index in [0.29, 0.717) is 21.3 Å². The van der Waals surface area contributed by atoms with Crippen LogP contribution in [0.1, 0.15) is 66.7 Å². The van der Waals surface area contributed by atoms with E-state index in [0.717, 1.165) is 21.0 Å². The highest BCUT2D eigenvalue weighted by atomic mass is 35.5. The number of aromatic nitrogens is 2. The van der Waals surface area contributed by atoms with Crippen molar-refractivity contribution in [1.82, 2.24) is 9.97 Å². The molecule has 0 spiro atoms. The molecule has 0 saturated heterocycles. The predicted molar refractivity (Wildman–Crippen MR) is 128 cm³/mol. The van der Waals surface area contributed by atoms with Gasteiger partial charge in [-0.2, -0.15) is 0 Å². The highest BCUT2D eigenvalue weighted by molar-refractivity contribution is 7.99. The molecule has 0 aliphatic rings. The van der Waals surface area contributed by atoms with Gasteiger partial charge in [-0.3, -0.25) is 9.78 Å². The van der Waals surface area contributed by atoms with Crippen molar-refractivity contribution in [1.29, 1.82) is 0 Å². The summed E-state index contributed by atoms with van der Waals surface area (Å²) in [6.07, 6.45) is 3.41. The Morgan fingerprint density at radius 1 is 1.09 bits per heavy atom. The molecule has 8 heteroatoms. The van der Waals surface area contributed by atoms with Crippen LogP contribution in [0.2, 0.25) is 10.0 Å². The normalized spacial score (nSPS) is 12.1. The number of ether oxygens (including phenoxy) is 1. The van der Waals surface area contributed by atoms with E-state index in [1.807, 2.05) is 45.0 Å². The predicted octanol–water partition coefficient (Wildman–Crippen LogP) is 6.89. The van der Waals surface area contributed by atoms with E-state index < -0.39 is 11.8 Å². The van der Waals surface area contributed by atoms with Crippen molar-refractivity contribution in [2.24, 2.45) is 0 Å². The number of esters is 1. The zero-order chi connectivity index (χ0) is 23.4. The Bertz CT molecular complexity index is 1110. The number of halogens is 2. The fourth-order valence-electron chi connectivity index (χ4n) is 3.53. The third-order valence-corrected chi connectivity index (χ3v) is 6.43. The SMILES string of the molecule is CCOC(=O)C(=O)c1c(C(C)c2ccncc2)[nH]c(Sc2cc(Cl)cc(Cl)c2)c1C(C)C. The second-order valence-electron chi connectivity index (χ2n) is 7.57. The topological polar surface area (TPSA) is 72.1 Å². The number of nitrogens with one attached hydrogen (secondary N) is 1. The van der Waals surface area contributed by atoms with Crippen LogP contribution in [0.3, 0.4) is 0 Å². The van der Waals surface area contributed by atoms with Crippen molar-refractivity contribution < 1.29 is 14.3 Å². The first-order chi connectivity index (χ1) is 15.2. The Morgan fingerprint density at radius 2 is 1.72 bits per heavy atom. The van der Waals surface area contributed by atoms with Crippen molar-refractivity contribution in [2.45, 2.75) is 49.5 Å². The summed E-state index contributed by atoms with van der Waals surface area (Å²) in [6, 6.07) is 9.06. The molecule has 1 N–H and O–H groups in total. The van der Waals surface area contributed by atoms with Crippen molar-refractivity contribution in [3.63, 3.8) is 0 Å². The Kier molecular flexibility index (Phi) is 8.04. The lowest BCUT2D eigenvalue weighted by molar-refractivity contribution is -0.137. The van der Waals surface area contributed by atoms with Gasteiger partial charge >= 0.3 is 5.97 Å². The van der Waals surface area contributed by atoms with E-state index in [1.54, 1.807) is 25.4 Å². The number of hydrogen-bond donors (Lipinski definition) is 1. The maximum Gasteiger partial charge on any atom is 0.379 e. The molecule has 1 aromatic carbocycles. The molecule has 3 rings (SSSR count). The third kappa shape index (κ3) is 5.37. The van der Waals surface area contributed by atoms with Crippen LogP contribution < -0.4 is 0 Å².